The van der Waals surface area contributed by atoms with Crippen molar-refractivity contribution in [3.05, 3.63) is 48.0 Å². The summed E-state index contributed by atoms with van der Waals surface area (Å²) in [6.07, 6.45) is 3.46. The molecule has 0 aliphatic heterocycles. The van der Waals surface area contributed by atoms with Crippen LogP contribution in [0.2, 0.25) is 0 Å². The van der Waals surface area contributed by atoms with Crippen LogP contribution in [-0.4, -0.2) is 51.7 Å². The van der Waals surface area contributed by atoms with Gasteiger partial charge in [-0.3, -0.25) is 14.7 Å². The van der Waals surface area contributed by atoms with Gasteiger partial charge < -0.3 is 19.8 Å². The van der Waals surface area contributed by atoms with Crippen LogP contribution in [-0.2, 0) is 9.53 Å². The van der Waals surface area contributed by atoms with Crippen LogP contribution in [0, 0.1) is 5.92 Å². The lowest BCUT2D eigenvalue weighted by atomic mass is 10.0. The number of carbonyl (C=O) groups is 3. The first-order chi connectivity index (χ1) is 17.7. The van der Waals surface area contributed by atoms with E-state index in [0.29, 0.717) is 23.4 Å². The second-order valence-corrected chi connectivity index (χ2v) is 9.17. The lowest BCUT2D eigenvalue weighted by Crippen LogP contribution is -2.42. The quantitative estimate of drug-likeness (QED) is 0.308. The van der Waals surface area contributed by atoms with Gasteiger partial charge in [-0.1, -0.05) is 39.8 Å². The van der Waals surface area contributed by atoms with E-state index in [4.69, 9.17) is 9.15 Å². The summed E-state index contributed by atoms with van der Waals surface area (Å²) in [4.78, 5) is 41.8. The smallest absolute Gasteiger partial charge is 0.328 e. The Morgan fingerprint density at radius 2 is 1.76 bits per heavy atom. The molecule has 10 nitrogen and oxygen atoms in total. The number of hydrogen-bond acceptors (Lipinski definition) is 7. The van der Waals surface area contributed by atoms with Crippen LogP contribution in [0.1, 0.15) is 74.9 Å². The molecule has 0 unspecified atom stereocenters. The highest BCUT2D eigenvalue weighted by Gasteiger charge is 2.25. The van der Waals surface area contributed by atoms with Crippen LogP contribution in [0.4, 0.5) is 0 Å². The van der Waals surface area contributed by atoms with Crippen LogP contribution in [0.5, 0.6) is 0 Å². The van der Waals surface area contributed by atoms with Crippen molar-refractivity contribution >= 4 is 17.8 Å². The monoisotopic (exact) mass is 509 g/mol. The molecule has 2 aromatic heterocycles. The van der Waals surface area contributed by atoms with Crippen molar-refractivity contribution < 1.29 is 23.5 Å². The Morgan fingerprint density at radius 1 is 1.03 bits per heavy atom. The Hall–Kier alpha value is -3.95. The Kier molecular flexibility index (Phi) is 9.59. The summed E-state index contributed by atoms with van der Waals surface area (Å²) in [5, 5.41) is 12.7. The molecule has 0 spiro atoms. The van der Waals surface area contributed by atoms with Crippen LogP contribution < -0.4 is 10.6 Å². The minimum atomic E-state index is -0.777. The van der Waals surface area contributed by atoms with Gasteiger partial charge in [0, 0.05) is 17.2 Å². The molecule has 198 valence electrons. The first kappa shape index (κ1) is 27.6. The number of ether oxygens (including phenoxy) is 1. The average Bonchev–Trinajstić information content (AvgIpc) is 3.57. The predicted molar refractivity (Wildman–Crippen MR) is 139 cm³/mol. The molecule has 0 aliphatic rings. The number of oxazole rings is 1. The lowest BCUT2D eigenvalue weighted by molar-refractivity contribution is -0.145. The molecule has 3 rings (SSSR count). The highest BCUT2D eigenvalue weighted by molar-refractivity contribution is 5.95. The fourth-order valence-corrected chi connectivity index (χ4v) is 3.82. The Balaban J connectivity index is 1.74. The molecule has 0 bridgehead atoms. The van der Waals surface area contributed by atoms with Crippen molar-refractivity contribution in [1.29, 1.82) is 0 Å². The number of H-pyrrole nitrogens is 1. The number of aromatic amines is 1. The van der Waals surface area contributed by atoms with Crippen LogP contribution >= 0.6 is 0 Å². The van der Waals surface area contributed by atoms with Crippen LogP contribution in [0.25, 0.3) is 22.7 Å². The molecule has 3 N–H and O–H groups in total. The van der Waals surface area contributed by atoms with E-state index in [2.05, 4.69) is 25.8 Å². The molecule has 1 atom stereocenters. The van der Waals surface area contributed by atoms with E-state index in [0.717, 1.165) is 18.4 Å². The lowest BCUT2D eigenvalue weighted by Gasteiger charge is -2.18. The standard InChI is InChI=1S/C27H35N5O5/c1-6-19(7-2)29-24(33)21-14-20(31-32-21)17-10-9-11-18(13-17)26-28-15-23(37-26)25(34)30-22(12-16(4)5)27(35)36-8-3/h9-11,13-16,19,22H,6-8,12H2,1-5H3,(H,29,33)(H,30,34)(H,31,32)/t22-/m0/s1. The number of nitrogens with zero attached hydrogens (tertiary/aromatic N) is 2. The maximum atomic E-state index is 12.8. The summed E-state index contributed by atoms with van der Waals surface area (Å²) < 4.78 is 10.8. The molecule has 0 aliphatic carbocycles. The van der Waals surface area contributed by atoms with Gasteiger partial charge in [-0.15, -0.1) is 0 Å². The molecule has 10 heteroatoms. The van der Waals surface area contributed by atoms with Gasteiger partial charge in [0.15, 0.2) is 0 Å². The van der Waals surface area contributed by atoms with Crippen LogP contribution in [0.3, 0.4) is 0 Å². The Morgan fingerprint density at radius 3 is 2.43 bits per heavy atom. The number of amides is 2. The van der Waals surface area contributed by atoms with Crippen molar-refractivity contribution in [3.8, 4) is 22.7 Å². The highest BCUT2D eigenvalue weighted by atomic mass is 16.5. The van der Waals surface area contributed by atoms with Gasteiger partial charge in [0.25, 0.3) is 11.8 Å². The molecule has 3 aromatic rings. The molecule has 0 radical (unpaired) electrons. The van der Waals surface area contributed by atoms with Gasteiger partial charge in [0.2, 0.25) is 11.7 Å². The maximum Gasteiger partial charge on any atom is 0.328 e. The van der Waals surface area contributed by atoms with E-state index >= 15 is 0 Å². The maximum absolute atomic E-state index is 12.8. The van der Waals surface area contributed by atoms with Crippen molar-refractivity contribution in [2.24, 2.45) is 5.92 Å². The minimum absolute atomic E-state index is 0.0152. The molecule has 1 aromatic carbocycles. The van der Waals surface area contributed by atoms with Gasteiger partial charge in [-0.2, -0.15) is 5.10 Å². The summed E-state index contributed by atoms with van der Waals surface area (Å²) in [5.74, 6) is -0.830. The van der Waals surface area contributed by atoms with Crippen molar-refractivity contribution in [2.45, 2.75) is 66.0 Å². The Bertz CT molecular complexity index is 1210. The van der Waals surface area contributed by atoms with Gasteiger partial charge in [0.05, 0.1) is 18.5 Å². The summed E-state index contributed by atoms with van der Waals surface area (Å²) in [6.45, 7) is 9.92. The average molecular weight is 510 g/mol. The zero-order chi connectivity index (χ0) is 26.9. The van der Waals surface area contributed by atoms with Crippen molar-refractivity contribution in [3.63, 3.8) is 0 Å². The zero-order valence-electron chi connectivity index (χ0n) is 22.0. The minimum Gasteiger partial charge on any atom is -0.464 e. The molecule has 2 amide bonds. The second-order valence-electron chi connectivity index (χ2n) is 9.17. The van der Waals surface area contributed by atoms with Gasteiger partial charge in [-0.05, 0) is 50.3 Å². The SMILES string of the molecule is CCOC(=O)[C@H](CC(C)C)NC(=O)c1cnc(-c2cccc(-c3cc(C(=O)NC(CC)CC)[nH]n3)c2)o1. The molecule has 0 saturated heterocycles. The summed E-state index contributed by atoms with van der Waals surface area (Å²) in [7, 11) is 0. The number of aromatic nitrogens is 3. The Labute approximate surface area is 216 Å². The second kappa shape index (κ2) is 12.8. The first-order valence-electron chi connectivity index (χ1n) is 12.7. The van der Waals surface area contributed by atoms with Crippen LogP contribution in [0.15, 0.2) is 40.9 Å². The third-order valence-corrected chi connectivity index (χ3v) is 5.86. The van der Waals surface area contributed by atoms with E-state index in [9.17, 15) is 14.4 Å². The third-order valence-electron chi connectivity index (χ3n) is 5.86. The highest BCUT2D eigenvalue weighted by Crippen LogP contribution is 2.26. The molecule has 2 heterocycles. The zero-order valence-corrected chi connectivity index (χ0v) is 22.0. The molecule has 37 heavy (non-hydrogen) atoms. The number of esters is 1. The largest absolute Gasteiger partial charge is 0.464 e. The molecular weight excluding hydrogens is 474 g/mol. The topological polar surface area (TPSA) is 139 Å². The molecule has 0 saturated carbocycles. The van der Waals surface area contributed by atoms with E-state index < -0.39 is 17.9 Å². The number of hydrogen-bond donors (Lipinski definition) is 3. The van der Waals surface area contributed by atoms with E-state index in [1.165, 1.54) is 6.20 Å². The van der Waals surface area contributed by atoms with E-state index in [-0.39, 0.29) is 36.1 Å². The summed E-state index contributed by atoms with van der Waals surface area (Å²) in [5.41, 5.74) is 2.34. The van der Waals surface area contributed by atoms with Gasteiger partial charge in [0.1, 0.15) is 11.7 Å². The predicted octanol–water partition coefficient (Wildman–Crippen LogP) is 4.36. The number of carbonyl (C=O) groups excluding carboxylic acids is 3. The number of benzene rings is 1. The fourth-order valence-electron chi connectivity index (χ4n) is 3.82. The fraction of sp³-hybridized carbons (Fsp3) is 0.444. The van der Waals surface area contributed by atoms with Gasteiger partial charge >= 0.3 is 5.97 Å². The summed E-state index contributed by atoms with van der Waals surface area (Å²) >= 11 is 0. The third kappa shape index (κ3) is 7.28. The number of nitrogens with one attached hydrogen (secondary N) is 3. The van der Waals surface area contributed by atoms with E-state index in [1.54, 1.807) is 19.1 Å². The van der Waals surface area contributed by atoms with E-state index in [1.807, 2.05) is 45.9 Å². The first-order valence-corrected chi connectivity index (χ1v) is 12.7. The van der Waals surface area contributed by atoms with Crippen molar-refractivity contribution in [1.82, 2.24) is 25.8 Å². The van der Waals surface area contributed by atoms with Gasteiger partial charge in [-0.25, -0.2) is 9.78 Å². The normalized spacial score (nSPS) is 12.0. The molecular formula is C27H35N5O5. The van der Waals surface area contributed by atoms with Crippen molar-refractivity contribution in [2.75, 3.05) is 6.61 Å². The number of rotatable bonds is 12. The summed E-state index contributed by atoms with van der Waals surface area (Å²) in [6, 6.07) is 8.30. The molecule has 0 fully saturated rings.